The first-order valence-corrected chi connectivity index (χ1v) is 4.45. The summed E-state index contributed by atoms with van der Waals surface area (Å²) in [7, 11) is 0. The van der Waals surface area contributed by atoms with Gasteiger partial charge in [0, 0.05) is 0 Å². The lowest BCUT2D eigenvalue weighted by atomic mass is 10.2. The SMILES string of the molecule is CC(O)CCNC(C)C(=O)NC(N)=O. The van der Waals surface area contributed by atoms with Crippen molar-refractivity contribution in [1.82, 2.24) is 10.6 Å². The number of amides is 3. The fourth-order valence-electron chi connectivity index (χ4n) is 0.831. The lowest BCUT2D eigenvalue weighted by Gasteiger charge is -2.12. The van der Waals surface area contributed by atoms with Crippen LogP contribution < -0.4 is 16.4 Å². The average Bonchev–Trinajstić information content (AvgIpc) is 2.01. The van der Waals surface area contributed by atoms with E-state index in [1.165, 1.54) is 0 Å². The van der Waals surface area contributed by atoms with Crippen molar-refractivity contribution in [2.75, 3.05) is 6.54 Å². The Kier molecular flexibility index (Phi) is 5.82. The Hall–Kier alpha value is -1.14. The van der Waals surface area contributed by atoms with Crippen LogP contribution in [0.2, 0.25) is 0 Å². The largest absolute Gasteiger partial charge is 0.393 e. The molecule has 6 nitrogen and oxygen atoms in total. The van der Waals surface area contributed by atoms with E-state index in [0.717, 1.165) is 0 Å². The normalized spacial score (nSPS) is 14.5. The number of primary amides is 1. The van der Waals surface area contributed by atoms with Gasteiger partial charge in [0.1, 0.15) is 0 Å². The molecule has 0 aliphatic carbocycles. The predicted octanol–water partition coefficient (Wildman–Crippen LogP) is -1.07. The van der Waals surface area contributed by atoms with E-state index in [4.69, 9.17) is 10.8 Å². The van der Waals surface area contributed by atoms with E-state index in [0.29, 0.717) is 13.0 Å². The predicted molar refractivity (Wildman–Crippen MR) is 51.5 cm³/mol. The average molecular weight is 203 g/mol. The van der Waals surface area contributed by atoms with Crippen LogP contribution in [0, 0.1) is 0 Å². The molecule has 0 radical (unpaired) electrons. The van der Waals surface area contributed by atoms with Crippen LogP contribution in [-0.2, 0) is 4.79 Å². The van der Waals surface area contributed by atoms with Crippen molar-refractivity contribution in [3.8, 4) is 0 Å². The van der Waals surface area contributed by atoms with Crippen molar-refractivity contribution in [2.24, 2.45) is 5.73 Å². The number of aliphatic hydroxyl groups excluding tert-OH is 1. The van der Waals surface area contributed by atoms with E-state index >= 15 is 0 Å². The van der Waals surface area contributed by atoms with Crippen molar-refractivity contribution >= 4 is 11.9 Å². The molecule has 6 heteroatoms. The smallest absolute Gasteiger partial charge is 0.318 e. The monoisotopic (exact) mass is 203 g/mol. The van der Waals surface area contributed by atoms with E-state index < -0.39 is 24.1 Å². The summed E-state index contributed by atoms with van der Waals surface area (Å²) in [6.45, 7) is 3.78. The molecule has 0 fully saturated rings. The molecular weight excluding hydrogens is 186 g/mol. The van der Waals surface area contributed by atoms with E-state index in [2.05, 4.69) is 5.32 Å². The number of carbonyl (C=O) groups excluding carboxylic acids is 2. The molecule has 0 bridgehead atoms. The van der Waals surface area contributed by atoms with Gasteiger partial charge >= 0.3 is 6.03 Å². The molecule has 0 spiro atoms. The quantitative estimate of drug-likeness (QED) is 0.456. The first kappa shape index (κ1) is 12.9. The van der Waals surface area contributed by atoms with Gasteiger partial charge in [0.15, 0.2) is 0 Å². The fourth-order valence-corrected chi connectivity index (χ4v) is 0.831. The second-order valence-corrected chi connectivity index (χ2v) is 3.17. The van der Waals surface area contributed by atoms with E-state index in [-0.39, 0.29) is 0 Å². The zero-order valence-electron chi connectivity index (χ0n) is 8.41. The Morgan fingerprint density at radius 1 is 1.43 bits per heavy atom. The second kappa shape index (κ2) is 6.33. The Morgan fingerprint density at radius 3 is 2.43 bits per heavy atom. The number of nitrogens with two attached hydrogens (primary N) is 1. The summed E-state index contributed by atoms with van der Waals surface area (Å²) in [6.07, 6.45) is 0.141. The zero-order valence-corrected chi connectivity index (χ0v) is 8.41. The molecule has 0 aliphatic heterocycles. The molecule has 0 rings (SSSR count). The summed E-state index contributed by atoms with van der Waals surface area (Å²) in [6, 6.07) is -1.36. The van der Waals surface area contributed by atoms with Gasteiger partial charge in [0.2, 0.25) is 5.91 Å². The molecule has 0 aliphatic rings. The third-order valence-corrected chi connectivity index (χ3v) is 1.65. The molecule has 5 N–H and O–H groups in total. The van der Waals surface area contributed by atoms with Crippen molar-refractivity contribution in [3.63, 3.8) is 0 Å². The van der Waals surface area contributed by atoms with Crippen LogP contribution in [0.15, 0.2) is 0 Å². The van der Waals surface area contributed by atoms with E-state index in [1.54, 1.807) is 13.8 Å². The minimum absolute atomic E-state index is 0.408. The molecule has 14 heavy (non-hydrogen) atoms. The van der Waals surface area contributed by atoms with Gasteiger partial charge < -0.3 is 16.2 Å². The van der Waals surface area contributed by atoms with Crippen LogP contribution in [0.5, 0.6) is 0 Å². The molecule has 82 valence electrons. The maximum atomic E-state index is 11.1. The Labute approximate surface area is 82.9 Å². The first-order valence-electron chi connectivity index (χ1n) is 4.45. The lowest BCUT2D eigenvalue weighted by molar-refractivity contribution is -0.121. The van der Waals surface area contributed by atoms with Crippen LogP contribution in [0.3, 0.4) is 0 Å². The minimum atomic E-state index is -0.862. The van der Waals surface area contributed by atoms with Crippen molar-refractivity contribution < 1.29 is 14.7 Å². The van der Waals surface area contributed by atoms with Crippen LogP contribution in [0.4, 0.5) is 4.79 Å². The fraction of sp³-hybridized carbons (Fsp3) is 0.750. The molecule has 0 heterocycles. The summed E-state index contributed by atoms with van der Waals surface area (Å²) >= 11 is 0. The number of rotatable bonds is 5. The van der Waals surface area contributed by atoms with Crippen LogP contribution in [0.25, 0.3) is 0 Å². The summed E-state index contributed by atoms with van der Waals surface area (Å²) < 4.78 is 0. The van der Waals surface area contributed by atoms with Crippen LogP contribution >= 0.6 is 0 Å². The number of aliphatic hydroxyl groups is 1. The van der Waals surface area contributed by atoms with Gasteiger partial charge in [0.25, 0.3) is 0 Å². The summed E-state index contributed by atoms with van der Waals surface area (Å²) in [5.41, 5.74) is 4.77. The zero-order chi connectivity index (χ0) is 11.1. The number of hydrogen-bond acceptors (Lipinski definition) is 4. The third-order valence-electron chi connectivity index (χ3n) is 1.65. The van der Waals surface area contributed by atoms with Gasteiger partial charge in [-0.1, -0.05) is 0 Å². The standard InChI is InChI=1S/C8H17N3O3/c1-5(12)3-4-10-6(2)7(13)11-8(9)14/h5-6,10,12H,3-4H2,1-2H3,(H3,9,11,13,14). The van der Waals surface area contributed by atoms with E-state index in [1.807, 2.05) is 5.32 Å². The molecule has 2 unspecified atom stereocenters. The minimum Gasteiger partial charge on any atom is -0.393 e. The number of carbonyl (C=O) groups is 2. The molecular formula is C8H17N3O3. The highest BCUT2D eigenvalue weighted by molar-refractivity contribution is 5.96. The van der Waals surface area contributed by atoms with Crippen LogP contribution in [-0.4, -0.2) is 35.7 Å². The second-order valence-electron chi connectivity index (χ2n) is 3.17. The van der Waals surface area contributed by atoms with Gasteiger partial charge in [-0.25, -0.2) is 4.79 Å². The molecule has 0 saturated carbocycles. The van der Waals surface area contributed by atoms with Crippen LogP contribution in [0.1, 0.15) is 20.3 Å². The number of hydrogen-bond donors (Lipinski definition) is 4. The van der Waals surface area contributed by atoms with Gasteiger partial charge in [-0.2, -0.15) is 0 Å². The van der Waals surface area contributed by atoms with Gasteiger partial charge in [0.05, 0.1) is 12.1 Å². The summed E-state index contributed by atoms with van der Waals surface area (Å²) in [4.78, 5) is 21.4. The Bertz CT molecular complexity index is 206. The Morgan fingerprint density at radius 2 is 2.00 bits per heavy atom. The van der Waals surface area contributed by atoms with Gasteiger partial charge in [-0.05, 0) is 26.8 Å². The molecule has 0 aromatic heterocycles. The molecule has 3 amide bonds. The number of urea groups is 1. The lowest BCUT2D eigenvalue weighted by Crippen LogP contribution is -2.46. The van der Waals surface area contributed by atoms with Gasteiger partial charge in [-0.3, -0.25) is 10.1 Å². The van der Waals surface area contributed by atoms with E-state index in [9.17, 15) is 9.59 Å². The highest BCUT2D eigenvalue weighted by Gasteiger charge is 2.13. The molecule has 0 aromatic carbocycles. The summed E-state index contributed by atoms with van der Waals surface area (Å²) in [5.74, 6) is -0.469. The molecule has 2 atom stereocenters. The first-order chi connectivity index (χ1) is 6.43. The third kappa shape index (κ3) is 6.38. The maximum absolute atomic E-state index is 11.1. The summed E-state index contributed by atoms with van der Waals surface area (Å²) in [5, 5.41) is 13.7. The van der Waals surface area contributed by atoms with Crippen molar-refractivity contribution in [1.29, 1.82) is 0 Å². The number of imide groups is 1. The topological polar surface area (TPSA) is 104 Å². The van der Waals surface area contributed by atoms with Crippen molar-refractivity contribution in [2.45, 2.75) is 32.4 Å². The maximum Gasteiger partial charge on any atom is 0.318 e. The Balaban J connectivity index is 3.67. The highest BCUT2D eigenvalue weighted by Crippen LogP contribution is 1.88. The highest BCUT2D eigenvalue weighted by atomic mass is 16.3. The van der Waals surface area contributed by atoms with Gasteiger partial charge in [-0.15, -0.1) is 0 Å². The van der Waals surface area contributed by atoms with Crippen molar-refractivity contribution in [3.05, 3.63) is 0 Å². The molecule has 0 saturated heterocycles. The molecule has 0 aromatic rings. The number of nitrogens with one attached hydrogen (secondary N) is 2.